The average molecular weight is 484 g/mol. The Hall–Kier alpha value is -1.73. The lowest BCUT2D eigenvalue weighted by Gasteiger charge is -2.21. The Morgan fingerprint density at radius 2 is 2.16 bits per heavy atom. The molecule has 0 bridgehead atoms. The largest absolute Gasteiger partial charge is 0.384 e. The number of nitrogens with one attached hydrogen (secondary N) is 3. The van der Waals surface area contributed by atoms with Gasteiger partial charge in [0.05, 0.1) is 24.0 Å². The Kier molecular flexibility index (Phi) is 6.78. The van der Waals surface area contributed by atoms with Crippen LogP contribution in [0.25, 0.3) is 5.52 Å². The van der Waals surface area contributed by atoms with E-state index in [0.29, 0.717) is 24.9 Å². The fourth-order valence-electron chi connectivity index (χ4n) is 3.69. The summed E-state index contributed by atoms with van der Waals surface area (Å²) in [5.41, 5.74) is 8.15. The normalized spacial score (nSPS) is 22.1. The molecule has 0 radical (unpaired) electrons. The number of anilines is 1. The summed E-state index contributed by atoms with van der Waals surface area (Å²) < 4.78 is 36.2. The Morgan fingerprint density at radius 3 is 2.81 bits per heavy atom. The Morgan fingerprint density at radius 1 is 1.41 bits per heavy atom. The van der Waals surface area contributed by atoms with Gasteiger partial charge in [0.1, 0.15) is 10.1 Å². The maximum atomic E-state index is 12.8. The van der Waals surface area contributed by atoms with Gasteiger partial charge in [0.2, 0.25) is 0 Å². The zero-order valence-electron chi connectivity index (χ0n) is 17.9. The smallest absolute Gasteiger partial charge is 0.285 e. The molecule has 2 atom stereocenters. The molecule has 4 rings (SSSR count). The van der Waals surface area contributed by atoms with Gasteiger partial charge in [-0.3, -0.25) is 19.9 Å². The highest BCUT2D eigenvalue weighted by Gasteiger charge is 2.37. The number of hydrogen-bond donors (Lipinski definition) is 4. The molecule has 1 saturated carbocycles. The molecule has 2 aromatic rings. The minimum absolute atomic E-state index is 0.0300. The molecule has 2 aliphatic rings. The molecular weight excluding hydrogens is 456 g/mol. The molecule has 2 aromatic heterocycles. The number of imidazole rings is 1. The van der Waals surface area contributed by atoms with Crippen LogP contribution < -0.4 is 15.4 Å². The number of halogens is 2. The van der Waals surface area contributed by atoms with Gasteiger partial charge in [-0.2, -0.15) is 0 Å². The molecule has 3 heterocycles. The van der Waals surface area contributed by atoms with Crippen molar-refractivity contribution in [1.82, 2.24) is 14.1 Å². The maximum Gasteiger partial charge on any atom is 0.285 e. The minimum Gasteiger partial charge on any atom is -0.384 e. The van der Waals surface area contributed by atoms with Crippen LogP contribution in [-0.2, 0) is 4.74 Å². The van der Waals surface area contributed by atoms with Gasteiger partial charge in [-0.1, -0.05) is 0 Å². The molecule has 0 spiro atoms. The fourth-order valence-corrected chi connectivity index (χ4v) is 5.14. The highest BCUT2D eigenvalue weighted by Crippen LogP contribution is 2.39. The van der Waals surface area contributed by atoms with Gasteiger partial charge in [-0.05, 0) is 49.5 Å². The predicted molar refractivity (Wildman–Crippen MR) is 126 cm³/mol. The second kappa shape index (κ2) is 9.26. The second-order valence-corrected chi connectivity index (χ2v) is 10.5. The van der Waals surface area contributed by atoms with Crippen molar-refractivity contribution in [2.45, 2.75) is 42.7 Å². The van der Waals surface area contributed by atoms with Crippen molar-refractivity contribution in [2.24, 2.45) is 11.7 Å². The lowest BCUT2D eigenvalue weighted by molar-refractivity contribution is 0.154. The van der Waals surface area contributed by atoms with Gasteiger partial charge < -0.3 is 15.4 Å². The molecule has 5 N–H and O–H groups in total. The molecule has 2 fully saturated rings. The fraction of sp³-hybridized carbons (Fsp3) is 0.550. The molecule has 2 unspecified atom stereocenters. The average Bonchev–Trinajstić information content (AvgIpc) is 3.16. The van der Waals surface area contributed by atoms with Gasteiger partial charge in [0, 0.05) is 48.8 Å². The zero-order valence-corrected chi connectivity index (χ0v) is 19.5. The molecule has 32 heavy (non-hydrogen) atoms. The Bertz CT molecular complexity index is 1030. The number of ether oxygens (including phenoxy) is 1. The van der Waals surface area contributed by atoms with E-state index in [1.807, 2.05) is 6.20 Å². The number of thioether (sulfide) groups is 1. The summed E-state index contributed by atoms with van der Waals surface area (Å²) in [6, 6.07) is 2.04. The molecule has 1 saturated heterocycles. The van der Waals surface area contributed by atoms with Gasteiger partial charge in [0.15, 0.2) is 5.82 Å². The molecule has 1 aliphatic heterocycles. The Labute approximate surface area is 193 Å². The van der Waals surface area contributed by atoms with E-state index in [0.717, 1.165) is 35.5 Å². The summed E-state index contributed by atoms with van der Waals surface area (Å²) >= 11 is 1.93. The number of alkyl halides is 2. The van der Waals surface area contributed by atoms with E-state index in [9.17, 15) is 8.78 Å². The van der Waals surface area contributed by atoms with Crippen molar-refractivity contribution < 1.29 is 13.5 Å². The van der Waals surface area contributed by atoms with Crippen LogP contribution in [0.5, 0.6) is 0 Å². The number of rotatable bonds is 8. The van der Waals surface area contributed by atoms with Crippen LogP contribution in [0.1, 0.15) is 25.6 Å². The second-order valence-electron chi connectivity index (χ2n) is 8.54. The maximum absolute atomic E-state index is 12.8. The molecule has 0 amide bonds. The summed E-state index contributed by atoms with van der Waals surface area (Å²) in [6.45, 7) is 4.13. The number of hydrogen-bond acceptors (Lipinski definition) is 9. The molecular formula is C20H27F2N7OS2. The highest BCUT2D eigenvalue weighted by molar-refractivity contribution is 8.26. The number of methoxy groups -OCH3 is 1. The van der Waals surface area contributed by atoms with Gasteiger partial charge in [-0.25, -0.2) is 13.8 Å². The van der Waals surface area contributed by atoms with Crippen LogP contribution in [0.15, 0.2) is 23.4 Å². The van der Waals surface area contributed by atoms with Gasteiger partial charge in [-0.15, -0.1) is 0 Å². The summed E-state index contributed by atoms with van der Waals surface area (Å²) in [4.78, 5) is 7.45. The van der Waals surface area contributed by atoms with Crippen LogP contribution in [0.3, 0.4) is 0 Å². The van der Waals surface area contributed by atoms with Crippen LogP contribution in [0.2, 0.25) is 0 Å². The van der Waals surface area contributed by atoms with E-state index >= 15 is 0 Å². The van der Waals surface area contributed by atoms with E-state index in [4.69, 9.17) is 21.3 Å². The number of nitrogens with zero attached hydrogens (tertiary/aromatic N) is 3. The topological polar surface area (TPSA) is 116 Å². The third-order valence-corrected chi connectivity index (χ3v) is 7.67. The summed E-state index contributed by atoms with van der Waals surface area (Å²) in [6.07, 6.45) is 2.81. The first-order valence-corrected chi connectivity index (χ1v) is 11.9. The molecule has 1 aliphatic carbocycles. The minimum atomic E-state index is -2.92. The third-order valence-electron chi connectivity index (χ3n) is 5.84. The van der Waals surface area contributed by atoms with Crippen LogP contribution >= 0.6 is 23.7 Å². The van der Waals surface area contributed by atoms with Crippen LogP contribution in [-0.4, -0.2) is 64.3 Å². The molecule has 8 nitrogen and oxygen atoms in total. The van der Waals surface area contributed by atoms with Crippen molar-refractivity contribution in [1.29, 1.82) is 10.8 Å². The van der Waals surface area contributed by atoms with Gasteiger partial charge in [0.25, 0.3) is 6.43 Å². The molecule has 174 valence electrons. The quantitative estimate of drug-likeness (QED) is 0.259. The van der Waals surface area contributed by atoms with E-state index in [1.165, 1.54) is 11.9 Å². The lowest BCUT2D eigenvalue weighted by atomic mass is 10.1. The lowest BCUT2D eigenvalue weighted by Crippen LogP contribution is -2.31. The van der Waals surface area contributed by atoms with E-state index in [2.05, 4.69) is 27.6 Å². The predicted octanol–water partition coefficient (Wildman–Crippen LogP) is 3.19. The van der Waals surface area contributed by atoms with Crippen LogP contribution in [0, 0.1) is 16.7 Å². The monoisotopic (exact) mass is 483 g/mol. The van der Waals surface area contributed by atoms with E-state index in [-0.39, 0.29) is 28.4 Å². The highest BCUT2D eigenvalue weighted by atomic mass is 32.2. The first-order chi connectivity index (χ1) is 15.2. The summed E-state index contributed by atoms with van der Waals surface area (Å²) in [7, 11) is 1.67. The number of pyridine rings is 1. The van der Waals surface area contributed by atoms with Crippen molar-refractivity contribution in [3.8, 4) is 0 Å². The summed E-state index contributed by atoms with van der Waals surface area (Å²) in [5, 5.41) is 14.6. The van der Waals surface area contributed by atoms with Crippen LogP contribution in [0.4, 0.5) is 14.5 Å². The van der Waals surface area contributed by atoms with Gasteiger partial charge >= 0.3 is 0 Å². The van der Waals surface area contributed by atoms with Crippen molar-refractivity contribution in [2.75, 3.05) is 31.7 Å². The summed E-state index contributed by atoms with van der Waals surface area (Å²) in [5.74, 6) is 0.427. The number of aromatic nitrogens is 2. The first-order valence-electron chi connectivity index (χ1n) is 10.3. The Balaban J connectivity index is 1.69. The molecule has 0 aromatic carbocycles. The van der Waals surface area contributed by atoms with E-state index in [1.54, 1.807) is 17.7 Å². The molecule has 12 heteroatoms. The third kappa shape index (κ3) is 4.93. The van der Waals surface area contributed by atoms with E-state index < -0.39 is 11.5 Å². The zero-order chi connectivity index (χ0) is 23.0. The van der Waals surface area contributed by atoms with Crippen molar-refractivity contribution in [3.63, 3.8) is 0 Å². The first kappa shape index (κ1) is 23.4. The number of nitrogens with two attached hydrogens (primary N) is 1. The van der Waals surface area contributed by atoms with Crippen molar-refractivity contribution in [3.05, 3.63) is 24.3 Å². The standard InChI is InChI=1S/C20H27F2N7OS2/c1-20(3-4-20)27-32-12-5-14(28-7-11(10-30-2)13(23)9-28)15-6-26-19(29(15)8-12)18(25)31-17(24)16(21)22/h5-6,8,11,13,16,24-25,27H,3-4,7,9-10,23H2,1-2H3. The SMILES string of the molecule is COCC1CN(c2cc(SNC3(C)CC3)cn3c(C(=N)SC(=N)C(F)F)ncc23)CC1N. The number of fused-ring (bicyclic) bond motifs is 1. The van der Waals surface area contributed by atoms with Crippen molar-refractivity contribution >= 4 is 45.0 Å².